The highest BCUT2D eigenvalue weighted by Crippen LogP contribution is 2.24. The maximum atomic E-state index is 14.1. The fourth-order valence-corrected chi connectivity index (χ4v) is 3.11. The zero-order valence-corrected chi connectivity index (χ0v) is 15.0. The van der Waals surface area contributed by atoms with Crippen LogP contribution in [-0.4, -0.2) is 56.5 Å². The molecule has 0 aliphatic carbocycles. The molecule has 2 rings (SSSR count). The maximum Gasteiger partial charge on any atom is 0.193 e. The summed E-state index contributed by atoms with van der Waals surface area (Å²) in [5.74, 6) is 0.501. The number of guanidine groups is 1. The van der Waals surface area contributed by atoms with E-state index in [-0.39, 0.29) is 5.56 Å². The van der Waals surface area contributed by atoms with E-state index in [2.05, 4.69) is 22.1 Å². The molecule has 1 N–H and O–H groups in total. The van der Waals surface area contributed by atoms with E-state index in [1.165, 1.54) is 18.2 Å². The van der Waals surface area contributed by atoms with Crippen LogP contribution < -0.4 is 5.32 Å². The number of aliphatic imine (C=N–C) groups is 1. The van der Waals surface area contributed by atoms with Gasteiger partial charge in [-0.1, -0.05) is 13.0 Å². The zero-order valence-electron chi connectivity index (χ0n) is 15.0. The molecule has 1 atom stereocenters. The summed E-state index contributed by atoms with van der Waals surface area (Å²) in [6.07, 6.45) is 2.28. The van der Waals surface area contributed by atoms with Crippen molar-refractivity contribution in [3.8, 4) is 0 Å². The van der Waals surface area contributed by atoms with Crippen LogP contribution in [0.15, 0.2) is 23.2 Å². The minimum Gasteiger partial charge on any atom is -0.354 e. The monoisotopic (exact) mass is 338 g/mol. The molecule has 0 radical (unpaired) electrons. The number of hydrogen-bond acceptors (Lipinski definition) is 2. The van der Waals surface area contributed by atoms with E-state index in [0.29, 0.717) is 6.54 Å². The van der Waals surface area contributed by atoms with Gasteiger partial charge >= 0.3 is 0 Å². The number of halogens is 2. The van der Waals surface area contributed by atoms with Crippen molar-refractivity contribution in [1.82, 2.24) is 15.1 Å². The molecular formula is C18H28F2N4. The lowest BCUT2D eigenvalue weighted by Gasteiger charge is -2.34. The van der Waals surface area contributed by atoms with Crippen molar-refractivity contribution in [2.24, 2.45) is 10.9 Å². The van der Waals surface area contributed by atoms with Gasteiger partial charge in [-0.2, -0.15) is 0 Å². The van der Waals surface area contributed by atoms with Gasteiger partial charge in [0, 0.05) is 32.2 Å². The molecule has 1 aliphatic heterocycles. The molecule has 6 heteroatoms. The molecule has 4 nitrogen and oxygen atoms in total. The standard InChI is InChI=1S/C18H28F2N4/c1-13-8-10-24(11-9-13)18(21-2)22-12-16(23(3)4)17-14(19)6-5-7-15(17)20/h5-7,13,16H,8-12H2,1-4H3,(H,21,22). The summed E-state index contributed by atoms with van der Waals surface area (Å²) in [7, 11) is 5.39. The second kappa shape index (κ2) is 8.42. The molecule has 1 aromatic carbocycles. The van der Waals surface area contributed by atoms with Crippen molar-refractivity contribution < 1.29 is 8.78 Å². The van der Waals surface area contributed by atoms with Crippen LogP contribution in [0.3, 0.4) is 0 Å². The van der Waals surface area contributed by atoms with E-state index in [4.69, 9.17) is 0 Å². The third kappa shape index (κ3) is 4.44. The zero-order chi connectivity index (χ0) is 17.7. The minimum absolute atomic E-state index is 0.0951. The first-order valence-corrected chi connectivity index (χ1v) is 8.50. The minimum atomic E-state index is -0.516. The average molecular weight is 338 g/mol. The molecule has 0 spiro atoms. The van der Waals surface area contributed by atoms with Crippen LogP contribution in [0, 0.1) is 17.6 Å². The summed E-state index contributed by atoms with van der Waals surface area (Å²) in [5.41, 5.74) is 0.0951. The van der Waals surface area contributed by atoms with E-state index < -0.39 is 17.7 Å². The molecule has 0 saturated carbocycles. The van der Waals surface area contributed by atoms with Gasteiger partial charge in [0.25, 0.3) is 0 Å². The molecule has 1 fully saturated rings. The first kappa shape index (κ1) is 18.6. The summed E-state index contributed by atoms with van der Waals surface area (Å²) in [5, 5.41) is 3.29. The first-order valence-electron chi connectivity index (χ1n) is 8.50. The van der Waals surface area contributed by atoms with Crippen LogP contribution in [0.25, 0.3) is 0 Å². The Kier molecular flexibility index (Phi) is 6.54. The first-order chi connectivity index (χ1) is 11.4. The van der Waals surface area contributed by atoms with E-state index in [1.54, 1.807) is 7.05 Å². The Morgan fingerprint density at radius 2 is 1.88 bits per heavy atom. The van der Waals surface area contributed by atoms with Crippen molar-refractivity contribution in [1.29, 1.82) is 0 Å². The number of hydrogen-bond donors (Lipinski definition) is 1. The highest BCUT2D eigenvalue weighted by molar-refractivity contribution is 5.80. The van der Waals surface area contributed by atoms with E-state index >= 15 is 0 Å². The normalized spacial score (nSPS) is 18.1. The number of likely N-dealkylation sites (tertiary alicyclic amines) is 1. The van der Waals surface area contributed by atoms with Crippen LogP contribution >= 0.6 is 0 Å². The molecule has 1 aromatic rings. The lowest BCUT2D eigenvalue weighted by atomic mass is 9.99. The molecule has 0 bridgehead atoms. The Balaban J connectivity index is 2.08. The maximum absolute atomic E-state index is 14.1. The molecule has 1 unspecified atom stereocenters. The fourth-order valence-electron chi connectivity index (χ4n) is 3.11. The molecular weight excluding hydrogens is 310 g/mol. The summed E-state index contributed by atoms with van der Waals surface area (Å²) in [6.45, 7) is 4.57. The molecule has 1 heterocycles. The van der Waals surface area contributed by atoms with E-state index in [0.717, 1.165) is 37.8 Å². The Morgan fingerprint density at radius 3 is 2.38 bits per heavy atom. The van der Waals surface area contributed by atoms with Crippen LogP contribution in [0.4, 0.5) is 8.78 Å². The molecule has 0 aromatic heterocycles. The molecule has 1 aliphatic rings. The summed E-state index contributed by atoms with van der Waals surface area (Å²) < 4.78 is 28.3. The van der Waals surface area contributed by atoms with Gasteiger partial charge in [-0.05, 0) is 45.0 Å². The van der Waals surface area contributed by atoms with Gasteiger partial charge in [0.2, 0.25) is 0 Å². The van der Waals surface area contributed by atoms with Crippen molar-refractivity contribution in [2.75, 3.05) is 40.8 Å². The van der Waals surface area contributed by atoms with Crippen LogP contribution in [-0.2, 0) is 0 Å². The van der Waals surface area contributed by atoms with Gasteiger partial charge < -0.3 is 15.1 Å². The molecule has 1 saturated heterocycles. The SMILES string of the molecule is CN=C(NCC(c1c(F)cccc1F)N(C)C)N1CCC(C)CC1. The third-order valence-electron chi connectivity index (χ3n) is 4.70. The predicted octanol–water partition coefficient (Wildman–Crippen LogP) is 2.87. The van der Waals surface area contributed by atoms with E-state index in [9.17, 15) is 8.78 Å². The van der Waals surface area contributed by atoms with Gasteiger partial charge in [-0.3, -0.25) is 4.99 Å². The molecule has 0 amide bonds. The molecule has 24 heavy (non-hydrogen) atoms. The van der Waals surface area contributed by atoms with E-state index in [1.807, 2.05) is 19.0 Å². The van der Waals surface area contributed by atoms with Gasteiger partial charge in [0.1, 0.15) is 11.6 Å². The Labute approximate surface area is 143 Å². The largest absolute Gasteiger partial charge is 0.354 e. The topological polar surface area (TPSA) is 30.9 Å². The number of piperidine rings is 1. The van der Waals surface area contributed by atoms with Crippen LogP contribution in [0.1, 0.15) is 31.4 Å². The number of rotatable bonds is 4. The second-order valence-corrected chi connectivity index (χ2v) is 6.71. The quantitative estimate of drug-likeness (QED) is 0.676. The number of likely N-dealkylation sites (N-methyl/N-ethyl adjacent to an activating group) is 1. The van der Waals surface area contributed by atoms with Gasteiger partial charge in [0.15, 0.2) is 5.96 Å². The van der Waals surface area contributed by atoms with Crippen LogP contribution in [0.2, 0.25) is 0 Å². The number of nitrogens with one attached hydrogen (secondary N) is 1. The number of nitrogens with zero attached hydrogens (tertiary/aromatic N) is 3. The van der Waals surface area contributed by atoms with Gasteiger partial charge in [-0.25, -0.2) is 8.78 Å². The highest BCUT2D eigenvalue weighted by Gasteiger charge is 2.24. The third-order valence-corrected chi connectivity index (χ3v) is 4.70. The average Bonchev–Trinajstić information content (AvgIpc) is 2.54. The Morgan fingerprint density at radius 1 is 1.29 bits per heavy atom. The van der Waals surface area contributed by atoms with Gasteiger partial charge in [-0.15, -0.1) is 0 Å². The highest BCUT2D eigenvalue weighted by atomic mass is 19.1. The lowest BCUT2D eigenvalue weighted by Crippen LogP contribution is -2.47. The van der Waals surface area contributed by atoms with Gasteiger partial charge in [0.05, 0.1) is 6.04 Å². The number of benzene rings is 1. The smallest absolute Gasteiger partial charge is 0.193 e. The van der Waals surface area contributed by atoms with Crippen molar-refractivity contribution in [3.05, 3.63) is 35.4 Å². The predicted molar refractivity (Wildman–Crippen MR) is 94.1 cm³/mol. The molecule has 134 valence electrons. The Bertz CT molecular complexity index is 546. The summed E-state index contributed by atoms with van der Waals surface area (Å²) in [6, 6.07) is 3.58. The summed E-state index contributed by atoms with van der Waals surface area (Å²) in [4.78, 5) is 8.36. The fraction of sp³-hybridized carbons (Fsp3) is 0.611. The van der Waals surface area contributed by atoms with Crippen molar-refractivity contribution in [2.45, 2.75) is 25.8 Å². The van der Waals surface area contributed by atoms with Crippen LogP contribution in [0.5, 0.6) is 0 Å². The summed E-state index contributed by atoms with van der Waals surface area (Å²) >= 11 is 0. The lowest BCUT2D eigenvalue weighted by molar-refractivity contribution is 0.259. The van der Waals surface area contributed by atoms with Crippen molar-refractivity contribution >= 4 is 5.96 Å². The van der Waals surface area contributed by atoms with Crippen molar-refractivity contribution in [3.63, 3.8) is 0 Å². The second-order valence-electron chi connectivity index (χ2n) is 6.71. The Hall–Kier alpha value is -1.69.